The highest BCUT2D eigenvalue weighted by Gasteiger charge is 2.26. The zero-order valence-electron chi connectivity index (χ0n) is 13.2. The van der Waals surface area contributed by atoms with Gasteiger partial charge in [-0.15, -0.1) is 0 Å². The Morgan fingerprint density at radius 3 is 2.60 bits per heavy atom. The number of nitrogens with zero attached hydrogens (tertiary/aromatic N) is 2. The van der Waals surface area contributed by atoms with E-state index in [0.717, 1.165) is 13.0 Å². The van der Waals surface area contributed by atoms with Gasteiger partial charge in [0.05, 0.1) is 0 Å². The first-order chi connectivity index (χ1) is 9.65. The van der Waals surface area contributed by atoms with Crippen LogP contribution in [0.4, 0.5) is 0 Å². The van der Waals surface area contributed by atoms with Crippen molar-refractivity contribution in [3.8, 4) is 0 Å². The Morgan fingerprint density at radius 1 is 1.35 bits per heavy atom. The summed E-state index contributed by atoms with van der Waals surface area (Å²) >= 11 is 0. The van der Waals surface area contributed by atoms with Gasteiger partial charge in [-0.25, -0.2) is 0 Å². The second kappa shape index (κ2) is 7.21. The van der Waals surface area contributed by atoms with E-state index in [1.807, 2.05) is 0 Å². The molecule has 0 spiro atoms. The highest BCUT2D eigenvalue weighted by atomic mass is 15.2. The van der Waals surface area contributed by atoms with Crippen LogP contribution in [0.1, 0.15) is 36.9 Å². The van der Waals surface area contributed by atoms with Crippen molar-refractivity contribution in [2.24, 2.45) is 5.73 Å². The summed E-state index contributed by atoms with van der Waals surface area (Å²) in [5.74, 6) is 0. The molecular formula is C17H29N3. The molecule has 2 rings (SSSR count). The Hall–Kier alpha value is -0.900. The van der Waals surface area contributed by atoms with E-state index in [1.54, 1.807) is 0 Å². The lowest BCUT2D eigenvalue weighted by atomic mass is 9.98. The minimum Gasteiger partial charge on any atom is -0.329 e. The number of hydrogen-bond donors (Lipinski definition) is 1. The SMILES string of the molecule is CCc1ccc(C(CN)N(C)C2CCCN(C)C2)cc1. The average molecular weight is 275 g/mol. The highest BCUT2D eigenvalue weighted by molar-refractivity contribution is 5.25. The van der Waals surface area contributed by atoms with E-state index in [4.69, 9.17) is 5.73 Å². The fourth-order valence-corrected chi connectivity index (χ4v) is 3.24. The van der Waals surface area contributed by atoms with Crippen LogP contribution >= 0.6 is 0 Å². The van der Waals surface area contributed by atoms with Crippen LogP contribution in [0, 0.1) is 0 Å². The molecule has 0 bridgehead atoms. The van der Waals surface area contributed by atoms with Crippen LogP contribution in [0.15, 0.2) is 24.3 Å². The molecule has 1 fully saturated rings. The third-order valence-corrected chi connectivity index (χ3v) is 4.66. The van der Waals surface area contributed by atoms with Gasteiger partial charge in [-0.1, -0.05) is 31.2 Å². The summed E-state index contributed by atoms with van der Waals surface area (Å²) < 4.78 is 0. The predicted octanol–water partition coefficient (Wildman–Crippen LogP) is 2.27. The molecule has 1 aromatic rings. The molecule has 1 saturated heterocycles. The predicted molar refractivity (Wildman–Crippen MR) is 85.9 cm³/mol. The zero-order chi connectivity index (χ0) is 14.5. The van der Waals surface area contributed by atoms with E-state index in [2.05, 4.69) is 55.1 Å². The molecule has 2 unspecified atom stereocenters. The Kier molecular flexibility index (Phi) is 5.58. The van der Waals surface area contributed by atoms with Crippen molar-refractivity contribution < 1.29 is 0 Å². The lowest BCUT2D eigenvalue weighted by molar-refractivity contribution is 0.101. The molecule has 2 N–H and O–H groups in total. The molecular weight excluding hydrogens is 246 g/mol. The van der Waals surface area contributed by atoms with Gasteiger partial charge in [-0.05, 0) is 51.0 Å². The normalized spacial score (nSPS) is 22.1. The first-order valence-electron chi connectivity index (χ1n) is 7.85. The van der Waals surface area contributed by atoms with Crippen molar-refractivity contribution in [3.05, 3.63) is 35.4 Å². The van der Waals surface area contributed by atoms with Crippen LogP contribution < -0.4 is 5.73 Å². The number of piperidine rings is 1. The van der Waals surface area contributed by atoms with E-state index in [0.29, 0.717) is 18.6 Å². The third-order valence-electron chi connectivity index (χ3n) is 4.66. The van der Waals surface area contributed by atoms with Gasteiger partial charge in [0.1, 0.15) is 0 Å². The summed E-state index contributed by atoms with van der Waals surface area (Å²) in [6.07, 6.45) is 3.67. The number of rotatable bonds is 5. The lowest BCUT2D eigenvalue weighted by Crippen LogP contribution is -2.47. The van der Waals surface area contributed by atoms with Crippen LogP contribution in [0.3, 0.4) is 0 Å². The molecule has 1 heterocycles. The fourth-order valence-electron chi connectivity index (χ4n) is 3.24. The number of likely N-dealkylation sites (tertiary alicyclic amines) is 1. The molecule has 1 aromatic carbocycles. The molecule has 0 saturated carbocycles. The van der Waals surface area contributed by atoms with Crippen molar-refractivity contribution in [2.75, 3.05) is 33.7 Å². The van der Waals surface area contributed by atoms with Gasteiger partial charge in [0, 0.05) is 25.2 Å². The van der Waals surface area contributed by atoms with Crippen molar-refractivity contribution in [2.45, 2.75) is 38.3 Å². The largest absolute Gasteiger partial charge is 0.329 e. The molecule has 0 aromatic heterocycles. The molecule has 3 heteroatoms. The van der Waals surface area contributed by atoms with Gasteiger partial charge in [-0.3, -0.25) is 4.90 Å². The maximum Gasteiger partial charge on any atom is 0.0470 e. The quantitative estimate of drug-likeness (QED) is 0.895. The molecule has 0 aliphatic carbocycles. The van der Waals surface area contributed by atoms with Gasteiger partial charge in [0.15, 0.2) is 0 Å². The molecule has 0 radical (unpaired) electrons. The molecule has 3 nitrogen and oxygen atoms in total. The van der Waals surface area contributed by atoms with Gasteiger partial charge in [-0.2, -0.15) is 0 Å². The number of hydrogen-bond acceptors (Lipinski definition) is 3. The lowest BCUT2D eigenvalue weighted by Gasteiger charge is -2.40. The molecule has 20 heavy (non-hydrogen) atoms. The van der Waals surface area contributed by atoms with Crippen LogP contribution in [-0.4, -0.2) is 49.6 Å². The smallest absolute Gasteiger partial charge is 0.0470 e. The Bertz CT molecular complexity index is 401. The average Bonchev–Trinajstić information content (AvgIpc) is 2.48. The number of aryl methyl sites for hydroxylation is 1. The summed E-state index contributed by atoms with van der Waals surface area (Å²) in [6, 6.07) is 9.92. The van der Waals surface area contributed by atoms with E-state index < -0.39 is 0 Å². The summed E-state index contributed by atoms with van der Waals surface area (Å²) in [6.45, 7) is 5.25. The molecule has 0 amide bonds. The Balaban J connectivity index is 2.09. The second-order valence-electron chi connectivity index (χ2n) is 6.07. The first kappa shape index (κ1) is 15.5. The Labute approximate surface area is 123 Å². The summed E-state index contributed by atoms with van der Waals surface area (Å²) in [5, 5.41) is 0. The summed E-state index contributed by atoms with van der Waals surface area (Å²) in [5.41, 5.74) is 8.80. The minimum atomic E-state index is 0.331. The van der Waals surface area contributed by atoms with Crippen molar-refractivity contribution in [3.63, 3.8) is 0 Å². The summed E-state index contributed by atoms with van der Waals surface area (Å²) in [4.78, 5) is 4.91. The molecule has 1 aliphatic heterocycles. The molecule has 2 atom stereocenters. The minimum absolute atomic E-state index is 0.331. The van der Waals surface area contributed by atoms with Crippen molar-refractivity contribution >= 4 is 0 Å². The standard InChI is InChI=1S/C17H29N3/c1-4-14-7-9-15(10-8-14)17(12-18)20(3)16-6-5-11-19(2)13-16/h7-10,16-17H,4-6,11-13,18H2,1-3H3. The van der Waals surface area contributed by atoms with Gasteiger partial charge < -0.3 is 10.6 Å². The Morgan fingerprint density at radius 2 is 2.05 bits per heavy atom. The number of likely N-dealkylation sites (N-methyl/N-ethyl adjacent to an activating group) is 2. The topological polar surface area (TPSA) is 32.5 Å². The zero-order valence-corrected chi connectivity index (χ0v) is 13.2. The third kappa shape index (κ3) is 3.60. The van der Waals surface area contributed by atoms with E-state index >= 15 is 0 Å². The summed E-state index contributed by atoms with van der Waals surface area (Å²) in [7, 11) is 4.45. The van der Waals surface area contributed by atoms with Crippen LogP contribution in [0.25, 0.3) is 0 Å². The second-order valence-corrected chi connectivity index (χ2v) is 6.07. The van der Waals surface area contributed by atoms with E-state index in [9.17, 15) is 0 Å². The molecule has 1 aliphatic rings. The van der Waals surface area contributed by atoms with Gasteiger partial charge in [0.2, 0.25) is 0 Å². The number of benzene rings is 1. The highest BCUT2D eigenvalue weighted by Crippen LogP contribution is 2.24. The first-order valence-corrected chi connectivity index (χ1v) is 7.85. The molecule has 112 valence electrons. The van der Waals surface area contributed by atoms with Crippen LogP contribution in [0.5, 0.6) is 0 Å². The fraction of sp³-hybridized carbons (Fsp3) is 0.647. The van der Waals surface area contributed by atoms with Crippen molar-refractivity contribution in [1.82, 2.24) is 9.80 Å². The maximum absolute atomic E-state index is 6.06. The monoisotopic (exact) mass is 275 g/mol. The van der Waals surface area contributed by atoms with Gasteiger partial charge >= 0.3 is 0 Å². The van der Waals surface area contributed by atoms with E-state index in [1.165, 1.54) is 30.5 Å². The van der Waals surface area contributed by atoms with Crippen molar-refractivity contribution in [1.29, 1.82) is 0 Å². The maximum atomic E-state index is 6.06. The van der Waals surface area contributed by atoms with Gasteiger partial charge in [0.25, 0.3) is 0 Å². The van der Waals surface area contributed by atoms with Crippen LogP contribution in [0.2, 0.25) is 0 Å². The van der Waals surface area contributed by atoms with Crippen LogP contribution in [-0.2, 0) is 6.42 Å². The number of nitrogens with two attached hydrogens (primary N) is 1. The van der Waals surface area contributed by atoms with E-state index in [-0.39, 0.29) is 0 Å².